The van der Waals surface area contributed by atoms with Crippen molar-refractivity contribution in [3.63, 3.8) is 0 Å². The second kappa shape index (κ2) is 6.03. The molecular formula is C15H11ClF4O. The van der Waals surface area contributed by atoms with Gasteiger partial charge in [-0.3, -0.25) is 0 Å². The molecule has 0 aliphatic heterocycles. The molecule has 0 aromatic heterocycles. The van der Waals surface area contributed by atoms with Crippen molar-refractivity contribution < 1.29 is 22.7 Å². The summed E-state index contributed by atoms with van der Waals surface area (Å²) < 4.78 is 51.4. The van der Waals surface area contributed by atoms with Gasteiger partial charge in [0.2, 0.25) is 0 Å². The van der Waals surface area contributed by atoms with E-state index in [9.17, 15) is 22.7 Å². The maximum Gasteiger partial charge on any atom is 0.416 e. The highest BCUT2D eigenvalue weighted by Gasteiger charge is 2.30. The second-order valence-corrected chi connectivity index (χ2v) is 5.02. The minimum Gasteiger partial charge on any atom is -0.388 e. The summed E-state index contributed by atoms with van der Waals surface area (Å²) >= 11 is 5.61. The number of halogens is 5. The summed E-state index contributed by atoms with van der Waals surface area (Å²) in [5, 5.41) is 10.2. The van der Waals surface area contributed by atoms with E-state index >= 15 is 0 Å². The van der Waals surface area contributed by atoms with Gasteiger partial charge in [-0.1, -0.05) is 35.9 Å². The summed E-state index contributed by atoms with van der Waals surface area (Å²) in [5.41, 5.74) is -0.535. The molecule has 1 N–H and O–H groups in total. The van der Waals surface area contributed by atoms with Crippen LogP contribution >= 0.6 is 11.6 Å². The van der Waals surface area contributed by atoms with Gasteiger partial charge in [-0.25, -0.2) is 4.39 Å². The van der Waals surface area contributed by atoms with Crippen molar-refractivity contribution in [1.82, 2.24) is 0 Å². The predicted molar refractivity (Wildman–Crippen MR) is 71.5 cm³/mol. The fourth-order valence-corrected chi connectivity index (χ4v) is 2.14. The lowest BCUT2D eigenvalue weighted by molar-refractivity contribution is -0.137. The van der Waals surface area contributed by atoms with E-state index in [2.05, 4.69) is 0 Å². The molecule has 0 saturated heterocycles. The number of benzene rings is 2. The van der Waals surface area contributed by atoms with Gasteiger partial charge in [-0.05, 0) is 23.8 Å². The largest absolute Gasteiger partial charge is 0.416 e. The average molecular weight is 319 g/mol. The standard InChI is InChI=1S/C15H11ClF4O/c16-11-4-5-12(13(17)8-11)14(21)7-9-2-1-3-10(6-9)15(18,19)20/h1-6,8,14,21H,7H2. The molecule has 112 valence electrons. The summed E-state index contributed by atoms with van der Waals surface area (Å²) in [5.74, 6) is -0.693. The van der Waals surface area contributed by atoms with E-state index in [1.54, 1.807) is 0 Å². The predicted octanol–water partition coefficient (Wildman–Crippen LogP) is 4.77. The maximum atomic E-state index is 13.6. The van der Waals surface area contributed by atoms with Crippen molar-refractivity contribution in [2.75, 3.05) is 0 Å². The minimum absolute atomic E-state index is 0.00295. The van der Waals surface area contributed by atoms with Gasteiger partial charge in [-0.15, -0.1) is 0 Å². The van der Waals surface area contributed by atoms with Crippen LogP contribution in [0.25, 0.3) is 0 Å². The minimum atomic E-state index is -4.45. The Morgan fingerprint density at radius 2 is 1.81 bits per heavy atom. The molecule has 21 heavy (non-hydrogen) atoms. The highest BCUT2D eigenvalue weighted by atomic mass is 35.5. The molecule has 0 aliphatic rings. The Morgan fingerprint density at radius 3 is 2.43 bits per heavy atom. The zero-order chi connectivity index (χ0) is 15.6. The Hall–Kier alpha value is -1.59. The van der Waals surface area contributed by atoms with Crippen molar-refractivity contribution in [2.45, 2.75) is 18.7 Å². The topological polar surface area (TPSA) is 20.2 Å². The lowest BCUT2D eigenvalue weighted by Crippen LogP contribution is -2.08. The zero-order valence-electron chi connectivity index (χ0n) is 10.7. The van der Waals surface area contributed by atoms with Gasteiger partial charge in [0.1, 0.15) is 5.82 Å². The van der Waals surface area contributed by atoms with E-state index in [0.29, 0.717) is 0 Å². The van der Waals surface area contributed by atoms with E-state index in [0.717, 1.165) is 18.2 Å². The first-order chi connectivity index (χ1) is 9.77. The SMILES string of the molecule is OC(Cc1cccc(C(F)(F)F)c1)c1ccc(Cl)cc1F. The molecule has 0 fully saturated rings. The monoisotopic (exact) mass is 318 g/mol. The van der Waals surface area contributed by atoms with Crippen LogP contribution in [0.5, 0.6) is 0 Å². The maximum absolute atomic E-state index is 13.6. The van der Waals surface area contributed by atoms with E-state index in [-0.39, 0.29) is 22.6 Å². The number of hydrogen-bond donors (Lipinski definition) is 1. The quantitative estimate of drug-likeness (QED) is 0.808. The number of aliphatic hydroxyl groups excluding tert-OH is 1. The smallest absolute Gasteiger partial charge is 0.388 e. The van der Waals surface area contributed by atoms with Crippen molar-refractivity contribution in [3.8, 4) is 0 Å². The average Bonchev–Trinajstić information content (AvgIpc) is 2.37. The molecule has 1 unspecified atom stereocenters. The summed E-state index contributed by atoms with van der Waals surface area (Å²) in [7, 11) is 0. The Balaban J connectivity index is 2.21. The van der Waals surface area contributed by atoms with Gasteiger partial charge in [0, 0.05) is 17.0 Å². The van der Waals surface area contributed by atoms with Gasteiger partial charge in [-0.2, -0.15) is 13.2 Å². The highest BCUT2D eigenvalue weighted by molar-refractivity contribution is 6.30. The summed E-state index contributed by atoms with van der Waals surface area (Å²) in [6.45, 7) is 0. The van der Waals surface area contributed by atoms with E-state index in [4.69, 9.17) is 11.6 Å². The molecule has 2 aromatic rings. The molecule has 0 aliphatic carbocycles. The fraction of sp³-hybridized carbons (Fsp3) is 0.200. The fourth-order valence-electron chi connectivity index (χ4n) is 1.98. The molecule has 0 radical (unpaired) electrons. The number of hydrogen-bond acceptors (Lipinski definition) is 1. The molecule has 0 bridgehead atoms. The van der Waals surface area contributed by atoms with Crippen LogP contribution in [0.2, 0.25) is 5.02 Å². The van der Waals surface area contributed by atoms with Gasteiger partial charge in [0.15, 0.2) is 0 Å². The first-order valence-corrected chi connectivity index (χ1v) is 6.44. The first kappa shape index (κ1) is 15.8. The van der Waals surface area contributed by atoms with Crippen LogP contribution in [-0.2, 0) is 12.6 Å². The highest BCUT2D eigenvalue weighted by Crippen LogP contribution is 2.31. The number of alkyl halides is 3. The van der Waals surface area contributed by atoms with Gasteiger partial charge in [0.05, 0.1) is 11.7 Å². The summed E-state index contributed by atoms with van der Waals surface area (Å²) in [4.78, 5) is 0. The van der Waals surface area contributed by atoms with Crippen molar-refractivity contribution in [2.24, 2.45) is 0 Å². The molecule has 2 rings (SSSR count). The normalized spacial score (nSPS) is 13.2. The third-order valence-electron chi connectivity index (χ3n) is 3.00. The van der Waals surface area contributed by atoms with Crippen molar-refractivity contribution >= 4 is 11.6 Å². The molecule has 0 saturated carbocycles. The third-order valence-corrected chi connectivity index (χ3v) is 3.24. The summed E-state index contributed by atoms with van der Waals surface area (Å²) in [6, 6.07) is 8.36. The molecule has 0 spiro atoms. The lowest BCUT2D eigenvalue weighted by atomic mass is 9.99. The first-order valence-electron chi connectivity index (χ1n) is 6.06. The second-order valence-electron chi connectivity index (χ2n) is 4.58. The van der Waals surface area contributed by atoms with Crippen LogP contribution in [0, 0.1) is 5.82 Å². The lowest BCUT2D eigenvalue weighted by Gasteiger charge is -2.14. The van der Waals surface area contributed by atoms with Crippen LogP contribution in [0.15, 0.2) is 42.5 Å². The van der Waals surface area contributed by atoms with Crippen LogP contribution < -0.4 is 0 Å². The molecular weight excluding hydrogens is 308 g/mol. The molecule has 1 atom stereocenters. The Kier molecular flexibility index (Phi) is 4.54. The van der Waals surface area contributed by atoms with E-state index in [1.807, 2.05) is 0 Å². The van der Waals surface area contributed by atoms with E-state index < -0.39 is 23.7 Å². The molecule has 0 heterocycles. The molecule has 1 nitrogen and oxygen atoms in total. The third kappa shape index (κ3) is 3.95. The van der Waals surface area contributed by atoms with Crippen LogP contribution in [0.1, 0.15) is 22.8 Å². The molecule has 2 aromatic carbocycles. The van der Waals surface area contributed by atoms with Crippen LogP contribution in [-0.4, -0.2) is 5.11 Å². The zero-order valence-corrected chi connectivity index (χ0v) is 11.4. The number of rotatable bonds is 3. The Morgan fingerprint density at radius 1 is 1.10 bits per heavy atom. The Bertz CT molecular complexity index is 640. The number of aliphatic hydroxyl groups is 1. The van der Waals surface area contributed by atoms with Gasteiger partial charge in [0.25, 0.3) is 0 Å². The van der Waals surface area contributed by atoms with Crippen molar-refractivity contribution in [3.05, 3.63) is 70.0 Å². The summed E-state index contributed by atoms with van der Waals surface area (Å²) in [6.07, 6.45) is -5.82. The Labute approximate surface area is 123 Å². The van der Waals surface area contributed by atoms with Crippen molar-refractivity contribution in [1.29, 1.82) is 0 Å². The van der Waals surface area contributed by atoms with Crippen LogP contribution in [0.4, 0.5) is 17.6 Å². The van der Waals surface area contributed by atoms with Gasteiger partial charge < -0.3 is 5.11 Å². The molecule has 6 heteroatoms. The molecule has 0 amide bonds. The van der Waals surface area contributed by atoms with Crippen LogP contribution in [0.3, 0.4) is 0 Å². The van der Waals surface area contributed by atoms with E-state index in [1.165, 1.54) is 24.3 Å². The van der Waals surface area contributed by atoms with Gasteiger partial charge >= 0.3 is 6.18 Å².